The highest BCUT2D eigenvalue weighted by Crippen LogP contribution is 2.33. The average molecular weight is 322 g/mol. The Morgan fingerprint density at radius 2 is 2.00 bits per heavy atom. The highest BCUT2D eigenvalue weighted by molar-refractivity contribution is 8.26. The lowest BCUT2D eigenvalue weighted by Crippen LogP contribution is -2.31. The fourth-order valence-corrected chi connectivity index (χ4v) is 3.14. The number of non-ortho nitro benzene ring substituents is 1. The van der Waals surface area contributed by atoms with E-state index in [2.05, 4.69) is 0 Å². The van der Waals surface area contributed by atoms with Gasteiger partial charge in [-0.3, -0.25) is 19.8 Å². The Labute approximate surface area is 132 Å². The van der Waals surface area contributed by atoms with Crippen molar-refractivity contribution in [2.24, 2.45) is 5.92 Å². The molecule has 1 aromatic rings. The van der Waals surface area contributed by atoms with Crippen molar-refractivity contribution in [3.63, 3.8) is 0 Å². The average Bonchev–Trinajstić information content (AvgIpc) is 2.67. The van der Waals surface area contributed by atoms with Crippen LogP contribution in [0.15, 0.2) is 29.2 Å². The van der Waals surface area contributed by atoms with Gasteiger partial charge < -0.3 is 0 Å². The Morgan fingerprint density at radius 1 is 1.38 bits per heavy atom. The van der Waals surface area contributed by atoms with E-state index in [0.717, 1.165) is 5.56 Å². The number of amides is 1. The molecule has 1 aromatic carbocycles. The first-order chi connectivity index (χ1) is 9.88. The number of nitrogens with zero attached hydrogens (tertiary/aromatic N) is 2. The van der Waals surface area contributed by atoms with Crippen molar-refractivity contribution in [1.29, 1.82) is 0 Å². The van der Waals surface area contributed by atoms with Gasteiger partial charge in [-0.05, 0) is 29.7 Å². The van der Waals surface area contributed by atoms with Crippen molar-refractivity contribution in [2.75, 3.05) is 6.54 Å². The molecule has 0 atom stereocenters. The molecule has 0 spiro atoms. The van der Waals surface area contributed by atoms with Crippen LogP contribution in [0.2, 0.25) is 0 Å². The molecule has 0 saturated carbocycles. The van der Waals surface area contributed by atoms with Crippen LogP contribution in [0.25, 0.3) is 6.08 Å². The summed E-state index contributed by atoms with van der Waals surface area (Å²) in [5.74, 6) is 0.239. The molecule has 0 radical (unpaired) electrons. The van der Waals surface area contributed by atoms with Crippen molar-refractivity contribution in [2.45, 2.75) is 13.8 Å². The molecule has 0 aliphatic carbocycles. The van der Waals surface area contributed by atoms with Crippen molar-refractivity contribution < 1.29 is 9.72 Å². The second-order valence-corrected chi connectivity index (χ2v) is 6.71. The standard InChI is InChI=1S/C14H14N2O3S2/c1-9(2)8-15-13(17)12(21-14(15)20)7-10-3-5-11(6-4-10)16(18)19/h3-7,9H,8H2,1-2H3. The van der Waals surface area contributed by atoms with E-state index in [1.807, 2.05) is 13.8 Å². The summed E-state index contributed by atoms with van der Waals surface area (Å²) in [4.78, 5) is 24.6. The lowest BCUT2D eigenvalue weighted by molar-refractivity contribution is -0.384. The van der Waals surface area contributed by atoms with E-state index in [9.17, 15) is 14.9 Å². The number of hydrogen-bond donors (Lipinski definition) is 0. The maximum Gasteiger partial charge on any atom is 0.269 e. The number of hydrogen-bond acceptors (Lipinski definition) is 5. The predicted molar refractivity (Wildman–Crippen MR) is 87.8 cm³/mol. The molecule has 1 heterocycles. The molecular weight excluding hydrogens is 308 g/mol. The second-order valence-electron chi connectivity index (χ2n) is 5.03. The number of rotatable bonds is 4. The summed E-state index contributed by atoms with van der Waals surface area (Å²) in [6, 6.07) is 6.07. The Kier molecular flexibility index (Phi) is 4.74. The summed E-state index contributed by atoms with van der Waals surface area (Å²) < 4.78 is 0.557. The minimum atomic E-state index is -0.452. The minimum Gasteiger partial charge on any atom is -0.293 e. The van der Waals surface area contributed by atoms with Crippen LogP contribution in [-0.4, -0.2) is 26.6 Å². The van der Waals surface area contributed by atoms with Gasteiger partial charge in [0.15, 0.2) is 0 Å². The van der Waals surface area contributed by atoms with Crippen LogP contribution >= 0.6 is 24.0 Å². The molecule has 0 unspecified atom stereocenters. The van der Waals surface area contributed by atoms with Crippen LogP contribution in [-0.2, 0) is 4.79 Å². The monoisotopic (exact) mass is 322 g/mol. The third kappa shape index (κ3) is 3.68. The quantitative estimate of drug-likeness (QED) is 0.368. The Morgan fingerprint density at radius 3 is 2.52 bits per heavy atom. The molecule has 1 fully saturated rings. The fraction of sp³-hybridized carbons (Fsp3) is 0.286. The van der Waals surface area contributed by atoms with E-state index in [0.29, 0.717) is 21.7 Å². The van der Waals surface area contributed by atoms with Gasteiger partial charge in [0, 0.05) is 18.7 Å². The summed E-state index contributed by atoms with van der Waals surface area (Å²) in [6.07, 6.45) is 1.71. The number of thioether (sulfide) groups is 1. The van der Waals surface area contributed by atoms with Gasteiger partial charge in [0.25, 0.3) is 11.6 Å². The third-order valence-electron chi connectivity index (χ3n) is 2.82. The normalized spacial score (nSPS) is 17.1. The molecule has 5 nitrogen and oxygen atoms in total. The zero-order valence-electron chi connectivity index (χ0n) is 11.6. The Bertz CT molecular complexity index is 624. The number of nitro groups is 1. The molecule has 0 N–H and O–H groups in total. The second kappa shape index (κ2) is 6.36. The summed E-state index contributed by atoms with van der Waals surface area (Å²) in [7, 11) is 0. The smallest absolute Gasteiger partial charge is 0.269 e. The van der Waals surface area contributed by atoms with Crippen LogP contribution < -0.4 is 0 Å². The Hall–Kier alpha value is -1.73. The predicted octanol–water partition coefficient (Wildman–Crippen LogP) is 3.45. The molecule has 7 heteroatoms. The van der Waals surface area contributed by atoms with Gasteiger partial charge in [-0.25, -0.2) is 0 Å². The third-order valence-corrected chi connectivity index (χ3v) is 4.20. The van der Waals surface area contributed by atoms with Crippen LogP contribution in [0.5, 0.6) is 0 Å². The largest absolute Gasteiger partial charge is 0.293 e. The maximum absolute atomic E-state index is 12.3. The van der Waals surface area contributed by atoms with Crippen LogP contribution in [0.4, 0.5) is 5.69 Å². The molecule has 0 bridgehead atoms. The van der Waals surface area contributed by atoms with E-state index >= 15 is 0 Å². The first-order valence-electron chi connectivity index (χ1n) is 6.38. The molecular formula is C14H14N2O3S2. The fourth-order valence-electron chi connectivity index (χ4n) is 1.87. The topological polar surface area (TPSA) is 63.5 Å². The lowest BCUT2D eigenvalue weighted by Gasteiger charge is -2.16. The number of carbonyl (C=O) groups is 1. The Balaban J connectivity index is 2.20. The SMILES string of the molecule is CC(C)CN1C(=O)C(=Cc2ccc([N+](=O)[O-])cc2)SC1=S. The zero-order valence-corrected chi connectivity index (χ0v) is 13.2. The van der Waals surface area contributed by atoms with Crippen LogP contribution in [0.1, 0.15) is 19.4 Å². The van der Waals surface area contributed by atoms with E-state index < -0.39 is 4.92 Å². The molecule has 110 valence electrons. The van der Waals surface area contributed by atoms with Gasteiger partial charge in [-0.15, -0.1) is 0 Å². The van der Waals surface area contributed by atoms with Crippen molar-refractivity contribution >= 4 is 46.0 Å². The van der Waals surface area contributed by atoms with Crippen LogP contribution in [0.3, 0.4) is 0 Å². The van der Waals surface area contributed by atoms with Crippen molar-refractivity contribution in [3.8, 4) is 0 Å². The molecule has 1 aliphatic heterocycles. The van der Waals surface area contributed by atoms with Crippen molar-refractivity contribution in [1.82, 2.24) is 4.90 Å². The number of thiocarbonyl (C=S) groups is 1. The van der Waals surface area contributed by atoms with E-state index in [1.165, 1.54) is 23.9 Å². The summed E-state index contributed by atoms with van der Waals surface area (Å²) in [5.41, 5.74) is 0.769. The molecule has 1 saturated heterocycles. The van der Waals surface area contributed by atoms with Gasteiger partial charge in [-0.2, -0.15) is 0 Å². The molecule has 2 rings (SSSR count). The van der Waals surface area contributed by atoms with E-state index in [1.54, 1.807) is 23.1 Å². The first kappa shape index (κ1) is 15.7. The van der Waals surface area contributed by atoms with Gasteiger partial charge in [0.1, 0.15) is 4.32 Å². The number of benzene rings is 1. The highest BCUT2D eigenvalue weighted by atomic mass is 32.2. The molecule has 0 aromatic heterocycles. The van der Waals surface area contributed by atoms with Gasteiger partial charge in [0.2, 0.25) is 0 Å². The lowest BCUT2D eigenvalue weighted by atomic mass is 10.2. The summed E-state index contributed by atoms with van der Waals surface area (Å²) in [6.45, 7) is 4.65. The van der Waals surface area contributed by atoms with Crippen LogP contribution in [0, 0.1) is 16.0 Å². The molecule has 1 amide bonds. The zero-order chi connectivity index (χ0) is 15.6. The van der Waals surface area contributed by atoms with Gasteiger partial charge in [-0.1, -0.05) is 37.8 Å². The molecule has 21 heavy (non-hydrogen) atoms. The summed E-state index contributed by atoms with van der Waals surface area (Å²) in [5, 5.41) is 10.6. The minimum absolute atomic E-state index is 0.0273. The molecule has 1 aliphatic rings. The van der Waals surface area contributed by atoms with Crippen molar-refractivity contribution in [3.05, 3.63) is 44.8 Å². The highest BCUT2D eigenvalue weighted by Gasteiger charge is 2.32. The van der Waals surface area contributed by atoms with E-state index in [4.69, 9.17) is 12.2 Å². The summed E-state index contributed by atoms with van der Waals surface area (Å²) >= 11 is 6.49. The number of carbonyl (C=O) groups excluding carboxylic acids is 1. The first-order valence-corrected chi connectivity index (χ1v) is 7.61. The number of nitro benzene ring substituents is 1. The van der Waals surface area contributed by atoms with Gasteiger partial charge in [0.05, 0.1) is 9.83 Å². The maximum atomic E-state index is 12.3. The van der Waals surface area contributed by atoms with Gasteiger partial charge >= 0.3 is 0 Å². The van der Waals surface area contributed by atoms with E-state index in [-0.39, 0.29) is 11.6 Å².